The third kappa shape index (κ3) is 4.66. The highest BCUT2D eigenvalue weighted by Crippen LogP contribution is 2.44. The summed E-state index contributed by atoms with van der Waals surface area (Å²) in [5.41, 5.74) is 5.85. The molecule has 2 aliphatic heterocycles. The number of piperidine rings is 1. The molecule has 39 heavy (non-hydrogen) atoms. The van der Waals surface area contributed by atoms with Gasteiger partial charge >= 0.3 is 0 Å². The molecular weight excluding hydrogens is 482 g/mol. The van der Waals surface area contributed by atoms with Crippen LogP contribution >= 0.6 is 0 Å². The van der Waals surface area contributed by atoms with Crippen molar-refractivity contribution in [2.75, 3.05) is 31.1 Å². The Kier molecular flexibility index (Phi) is 7.00. The Bertz CT molecular complexity index is 1410. The van der Waals surface area contributed by atoms with Crippen molar-refractivity contribution in [1.82, 2.24) is 19.7 Å². The van der Waals surface area contributed by atoms with Crippen molar-refractivity contribution in [3.8, 4) is 5.69 Å². The van der Waals surface area contributed by atoms with Gasteiger partial charge in [-0.2, -0.15) is 0 Å². The molecule has 0 atom stereocenters. The molecule has 1 aromatic heterocycles. The number of rotatable bonds is 7. The molecule has 1 fully saturated rings. The maximum absolute atomic E-state index is 12.5. The van der Waals surface area contributed by atoms with E-state index in [1.807, 2.05) is 6.92 Å². The zero-order valence-corrected chi connectivity index (χ0v) is 23.3. The number of aliphatic hydroxyl groups is 1. The van der Waals surface area contributed by atoms with Gasteiger partial charge in [-0.25, -0.2) is 0 Å². The van der Waals surface area contributed by atoms with Crippen LogP contribution in [0.2, 0.25) is 0 Å². The van der Waals surface area contributed by atoms with Crippen molar-refractivity contribution in [2.24, 2.45) is 5.92 Å². The molecule has 0 amide bonds. The van der Waals surface area contributed by atoms with Crippen LogP contribution in [-0.4, -0.2) is 50.9 Å². The topological polar surface area (TPSA) is 57.4 Å². The molecule has 2 aliphatic rings. The number of fused-ring (bicyclic) bond motifs is 3. The Hall–Kier alpha value is -3.48. The van der Waals surface area contributed by atoms with Gasteiger partial charge in [0.05, 0.1) is 17.9 Å². The van der Waals surface area contributed by atoms with Gasteiger partial charge in [-0.05, 0) is 100.0 Å². The molecule has 202 valence electrons. The van der Waals surface area contributed by atoms with Crippen LogP contribution in [0.1, 0.15) is 53.2 Å². The first-order chi connectivity index (χ1) is 19.0. The molecule has 0 saturated carbocycles. The van der Waals surface area contributed by atoms with E-state index in [4.69, 9.17) is 0 Å². The summed E-state index contributed by atoms with van der Waals surface area (Å²) in [4.78, 5) is 5.02. The second-order valence-corrected chi connectivity index (χ2v) is 11.3. The van der Waals surface area contributed by atoms with Gasteiger partial charge in [0.25, 0.3) is 0 Å². The van der Waals surface area contributed by atoms with Crippen LogP contribution in [0.15, 0.2) is 72.8 Å². The molecule has 0 spiro atoms. The van der Waals surface area contributed by atoms with Crippen molar-refractivity contribution in [3.63, 3.8) is 0 Å². The van der Waals surface area contributed by atoms with E-state index in [-0.39, 0.29) is 5.92 Å². The SMILES string of the molecule is Cc1ccccc1C(O)(c1ccccc1C)C1CCN(CCCN2Cc3nnc(C)n3-c3ccccc32)CC1. The van der Waals surface area contributed by atoms with Crippen LogP contribution < -0.4 is 4.90 Å². The van der Waals surface area contributed by atoms with Gasteiger partial charge in [-0.15, -0.1) is 10.2 Å². The lowest BCUT2D eigenvalue weighted by molar-refractivity contribution is -0.0151. The summed E-state index contributed by atoms with van der Waals surface area (Å²) in [6.45, 7) is 11.1. The maximum atomic E-state index is 12.5. The number of hydrogen-bond donors (Lipinski definition) is 1. The van der Waals surface area contributed by atoms with Crippen LogP contribution in [-0.2, 0) is 12.1 Å². The van der Waals surface area contributed by atoms with Crippen molar-refractivity contribution in [1.29, 1.82) is 0 Å². The van der Waals surface area contributed by atoms with Crippen molar-refractivity contribution in [2.45, 2.75) is 52.2 Å². The number of aromatic nitrogens is 3. The third-order valence-electron chi connectivity index (χ3n) is 8.88. The standard InChI is InChI=1S/C33H39N5O/c1-24-11-4-6-13-28(24)33(39,29-14-7-5-12-25(29)2)27-17-21-36(22-18-27)19-10-20-37-23-32-35-34-26(3)38(32)31-16-9-8-15-30(31)37/h4-9,11-16,27,39H,10,17-23H2,1-3H3. The molecule has 0 unspecified atom stereocenters. The van der Waals surface area contributed by atoms with Gasteiger partial charge in [0, 0.05) is 6.54 Å². The van der Waals surface area contributed by atoms with E-state index in [0.717, 1.165) is 85.9 Å². The summed E-state index contributed by atoms with van der Waals surface area (Å²) in [5, 5.41) is 21.3. The van der Waals surface area contributed by atoms with Gasteiger partial charge in [-0.1, -0.05) is 60.7 Å². The van der Waals surface area contributed by atoms with Crippen LogP contribution in [0.4, 0.5) is 5.69 Å². The van der Waals surface area contributed by atoms with Gasteiger partial charge in [-0.3, -0.25) is 4.57 Å². The van der Waals surface area contributed by atoms with E-state index in [9.17, 15) is 5.11 Å². The lowest BCUT2D eigenvalue weighted by Gasteiger charge is -2.43. The highest BCUT2D eigenvalue weighted by atomic mass is 16.3. The fraction of sp³-hybridized carbons (Fsp3) is 0.394. The number of likely N-dealkylation sites (tertiary alicyclic amines) is 1. The molecule has 3 aromatic carbocycles. The van der Waals surface area contributed by atoms with Crippen molar-refractivity contribution < 1.29 is 5.11 Å². The summed E-state index contributed by atoms with van der Waals surface area (Å²) < 4.78 is 2.18. The summed E-state index contributed by atoms with van der Waals surface area (Å²) in [6, 6.07) is 25.3. The summed E-state index contributed by atoms with van der Waals surface area (Å²) >= 11 is 0. The molecule has 3 heterocycles. The Morgan fingerprint density at radius 1 is 0.769 bits per heavy atom. The summed E-state index contributed by atoms with van der Waals surface area (Å²) in [6.07, 6.45) is 3.05. The molecule has 0 aliphatic carbocycles. The first-order valence-corrected chi connectivity index (χ1v) is 14.3. The van der Waals surface area contributed by atoms with Gasteiger partial charge < -0.3 is 14.9 Å². The van der Waals surface area contributed by atoms with E-state index in [2.05, 4.69) is 111 Å². The Morgan fingerprint density at radius 2 is 1.36 bits per heavy atom. The molecule has 6 heteroatoms. The van der Waals surface area contributed by atoms with E-state index < -0.39 is 5.60 Å². The molecule has 6 nitrogen and oxygen atoms in total. The van der Waals surface area contributed by atoms with Crippen molar-refractivity contribution >= 4 is 5.69 Å². The molecule has 6 rings (SSSR count). The van der Waals surface area contributed by atoms with Crippen LogP contribution in [0.3, 0.4) is 0 Å². The number of para-hydroxylation sites is 2. The lowest BCUT2D eigenvalue weighted by Crippen LogP contribution is -2.45. The summed E-state index contributed by atoms with van der Waals surface area (Å²) in [7, 11) is 0. The highest BCUT2D eigenvalue weighted by Gasteiger charge is 2.43. The largest absolute Gasteiger partial charge is 0.380 e. The average Bonchev–Trinajstić information content (AvgIpc) is 3.34. The fourth-order valence-corrected chi connectivity index (χ4v) is 6.84. The van der Waals surface area contributed by atoms with E-state index in [0.29, 0.717) is 0 Å². The third-order valence-corrected chi connectivity index (χ3v) is 8.88. The van der Waals surface area contributed by atoms with E-state index in [1.165, 1.54) is 11.4 Å². The Morgan fingerprint density at radius 3 is 2.00 bits per heavy atom. The smallest absolute Gasteiger partial charge is 0.157 e. The van der Waals surface area contributed by atoms with Crippen LogP contribution in [0.25, 0.3) is 5.69 Å². The maximum Gasteiger partial charge on any atom is 0.157 e. The molecule has 0 radical (unpaired) electrons. The minimum Gasteiger partial charge on any atom is -0.380 e. The zero-order valence-electron chi connectivity index (χ0n) is 23.3. The average molecular weight is 522 g/mol. The second kappa shape index (κ2) is 10.6. The Balaban J connectivity index is 1.12. The minimum absolute atomic E-state index is 0.180. The molecule has 1 saturated heterocycles. The number of nitrogens with zero attached hydrogens (tertiary/aromatic N) is 5. The molecule has 4 aromatic rings. The first kappa shape index (κ1) is 25.8. The van der Waals surface area contributed by atoms with Gasteiger partial charge in [0.1, 0.15) is 11.4 Å². The number of benzene rings is 3. The van der Waals surface area contributed by atoms with Crippen LogP contribution in [0, 0.1) is 26.7 Å². The normalized spacial score (nSPS) is 16.3. The van der Waals surface area contributed by atoms with Gasteiger partial charge in [0.2, 0.25) is 0 Å². The fourth-order valence-electron chi connectivity index (χ4n) is 6.84. The predicted octanol–water partition coefficient (Wildman–Crippen LogP) is 5.55. The molecule has 1 N–H and O–H groups in total. The van der Waals surface area contributed by atoms with Crippen LogP contribution in [0.5, 0.6) is 0 Å². The summed E-state index contributed by atoms with van der Waals surface area (Å²) in [5.74, 6) is 2.13. The highest BCUT2D eigenvalue weighted by molar-refractivity contribution is 5.65. The second-order valence-electron chi connectivity index (χ2n) is 11.3. The minimum atomic E-state index is -0.978. The molecular formula is C33H39N5O. The first-order valence-electron chi connectivity index (χ1n) is 14.3. The number of hydrogen-bond acceptors (Lipinski definition) is 5. The monoisotopic (exact) mass is 521 g/mol. The van der Waals surface area contributed by atoms with Crippen molar-refractivity contribution in [3.05, 3.63) is 107 Å². The number of aryl methyl sites for hydroxylation is 3. The lowest BCUT2D eigenvalue weighted by atomic mass is 9.70. The predicted molar refractivity (Wildman–Crippen MR) is 156 cm³/mol. The molecule has 0 bridgehead atoms. The van der Waals surface area contributed by atoms with E-state index >= 15 is 0 Å². The number of anilines is 1. The van der Waals surface area contributed by atoms with Gasteiger partial charge in [0.15, 0.2) is 5.82 Å². The quantitative estimate of drug-likeness (QED) is 0.346. The Labute approximate surface area is 231 Å². The van der Waals surface area contributed by atoms with E-state index in [1.54, 1.807) is 0 Å². The zero-order chi connectivity index (χ0) is 27.0.